The number of nitrogens with zero attached hydrogens (tertiary/aromatic N) is 2. The Balaban J connectivity index is 1.69. The van der Waals surface area contributed by atoms with Crippen molar-refractivity contribution in [1.82, 2.24) is 4.90 Å². The van der Waals surface area contributed by atoms with Gasteiger partial charge < -0.3 is 14.8 Å². The van der Waals surface area contributed by atoms with Crippen LogP contribution >= 0.6 is 0 Å². The molecule has 140 valence electrons. The third-order valence-electron chi connectivity index (χ3n) is 4.81. The first-order valence-electron chi connectivity index (χ1n) is 8.90. The summed E-state index contributed by atoms with van der Waals surface area (Å²) < 4.78 is 10.8. The topological polar surface area (TPSA) is 74.6 Å². The molecule has 6 heteroatoms. The molecule has 1 heterocycles. The summed E-state index contributed by atoms with van der Waals surface area (Å²) in [4.78, 5) is 14.7. The van der Waals surface area contributed by atoms with Crippen LogP contribution in [0, 0.1) is 11.3 Å². The van der Waals surface area contributed by atoms with Crippen LogP contribution in [-0.2, 0) is 4.79 Å². The Morgan fingerprint density at radius 1 is 1.22 bits per heavy atom. The van der Waals surface area contributed by atoms with E-state index in [9.17, 15) is 4.79 Å². The van der Waals surface area contributed by atoms with Crippen LogP contribution in [0.15, 0.2) is 42.5 Å². The second-order valence-electron chi connectivity index (χ2n) is 6.47. The van der Waals surface area contributed by atoms with E-state index in [0.717, 1.165) is 36.4 Å². The van der Waals surface area contributed by atoms with Crippen molar-refractivity contribution in [3.8, 4) is 17.6 Å². The highest BCUT2D eigenvalue weighted by Crippen LogP contribution is 2.38. The van der Waals surface area contributed by atoms with Crippen LogP contribution in [0.25, 0.3) is 0 Å². The fraction of sp³-hybridized carbons (Fsp3) is 0.333. The lowest BCUT2D eigenvalue weighted by Gasteiger charge is -2.25. The van der Waals surface area contributed by atoms with Gasteiger partial charge in [0, 0.05) is 23.4 Å². The van der Waals surface area contributed by atoms with Gasteiger partial charge in [-0.15, -0.1) is 0 Å². The van der Waals surface area contributed by atoms with Gasteiger partial charge in [-0.2, -0.15) is 5.26 Å². The Bertz CT molecular complexity index is 843. The van der Waals surface area contributed by atoms with Gasteiger partial charge in [-0.05, 0) is 49.7 Å². The Morgan fingerprint density at radius 3 is 2.67 bits per heavy atom. The SMILES string of the molecule is COc1ccc([C@H]2CCCN2CC(=O)Nc2ccc(C#N)cc2)c(OC)c1. The van der Waals surface area contributed by atoms with Crippen molar-refractivity contribution in [2.24, 2.45) is 0 Å². The van der Waals surface area contributed by atoms with E-state index in [2.05, 4.69) is 16.3 Å². The molecule has 1 fully saturated rings. The van der Waals surface area contributed by atoms with E-state index < -0.39 is 0 Å². The number of amides is 1. The predicted molar refractivity (Wildman–Crippen MR) is 103 cm³/mol. The van der Waals surface area contributed by atoms with Gasteiger partial charge in [-0.25, -0.2) is 0 Å². The van der Waals surface area contributed by atoms with Gasteiger partial charge in [0.15, 0.2) is 0 Å². The Kier molecular flexibility index (Phi) is 5.94. The van der Waals surface area contributed by atoms with Crippen LogP contribution in [0.4, 0.5) is 5.69 Å². The van der Waals surface area contributed by atoms with Gasteiger partial charge in [0.25, 0.3) is 0 Å². The zero-order valence-corrected chi connectivity index (χ0v) is 15.6. The molecule has 0 unspecified atom stereocenters. The quantitative estimate of drug-likeness (QED) is 0.850. The van der Waals surface area contributed by atoms with E-state index in [1.807, 2.05) is 18.2 Å². The number of rotatable bonds is 6. The Hall–Kier alpha value is -3.04. The van der Waals surface area contributed by atoms with E-state index in [4.69, 9.17) is 14.7 Å². The summed E-state index contributed by atoms with van der Waals surface area (Å²) >= 11 is 0. The van der Waals surface area contributed by atoms with Gasteiger partial charge in [0.2, 0.25) is 5.91 Å². The van der Waals surface area contributed by atoms with E-state index in [0.29, 0.717) is 17.8 Å². The lowest BCUT2D eigenvalue weighted by molar-refractivity contribution is -0.117. The molecule has 1 atom stereocenters. The minimum absolute atomic E-state index is 0.0703. The molecular weight excluding hydrogens is 342 g/mol. The molecule has 0 radical (unpaired) electrons. The average Bonchev–Trinajstić information content (AvgIpc) is 3.15. The highest BCUT2D eigenvalue weighted by Gasteiger charge is 2.29. The molecule has 3 rings (SSSR count). The molecule has 1 saturated heterocycles. The lowest BCUT2D eigenvalue weighted by Crippen LogP contribution is -2.33. The third-order valence-corrected chi connectivity index (χ3v) is 4.81. The van der Waals surface area contributed by atoms with Crippen molar-refractivity contribution in [2.45, 2.75) is 18.9 Å². The maximum atomic E-state index is 12.5. The molecule has 1 N–H and O–H groups in total. The number of carbonyl (C=O) groups is 1. The summed E-state index contributed by atoms with van der Waals surface area (Å²) in [6.45, 7) is 1.17. The molecule has 2 aromatic carbocycles. The molecule has 0 saturated carbocycles. The van der Waals surface area contributed by atoms with Crippen LogP contribution in [0.3, 0.4) is 0 Å². The number of methoxy groups -OCH3 is 2. The first-order valence-corrected chi connectivity index (χ1v) is 8.90. The zero-order valence-electron chi connectivity index (χ0n) is 15.6. The second kappa shape index (κ2) is 8.56. The summed E-state index contributed by atoms with van der Waals surface area (Å²) in [5.41, 5.74) is 2.33. The second-order valence-corrected chi connectivity index (χ2v) is 6.47. The first kappa shape index (κ1) is 18.7. The van der Waals surface area contributed by atoms with Crippen molar-refractivity contribution in [2.75, 3.05) is 32.6 Å². The first-order chi connectivity index (χ1) is 13.1. The van der Waals surface area contributed by atoms with Gasteiger partial charge >= 0.3 is 0 Å². The molecular formula is C21H23N3O3. The van der Waals surface area contributed by atoms with Crippen molar-refractivity contribution >= 4 is 11.6 Å². The number of hydrogen-bond acceptors (Lipinski definition) is 5. The fourth-order valence-corrected chi connectivity index (χ4v) is 3.47. The van der Waals surface area contributed by atoms with E-state index in [1.165, 1.54) is 0 Å². The van der Waals surface area contributed by atoms with Crippen LogP contribution in [0.5, 0.6) is 11.5 Å². The summed E-state index contributed by atoms with van der Waals surface area (Å²) in [5.74, 6) is 1.46. The van der Waals surface area contributed by atoms with Crippen LogP contribution in [0.1, 0.15) is 30.0 Å². The number of likely N-dealkylation sites (tertiary alicyclic amines) is 1. The molecule has 1 aliphatic heterocycles. The van der Waals surface area contributed by atoms with Crippen LogP contribution < -0.4 is 14.8 Å². The number of benzene rings is 2. The third kappa shape index (κ3) is 4.39. The summed E-state index contributed by atoms with van der Waals surface area (Å²) in [6, 6.07) is 14.9. The maximum absolute atomic E-state index is 12.5. The van der Waals surface area contributed by atoms with Crippen molar-refractivity contribution in [3.05, 3.63) is 53.6 Å². The lowest BCUT2D eigenvalue weighted by atomic mass is 10.0. The maximum Gasteiger partial charge on any atom is 0.238 e. The van der Waals surface area contributed by atoms with Gasteiger partial charge in [-0.1, -0.05) is 6.07 Å². The molecule has 0 aromatic heterocycles. The minimum Gasteiger partial charge on any atom is -0.497 e. The fourth-order valence-electron chi connectivity index (χ4n) is 3.47. The smallest absolute Gasteiger partial charge is 0.238 e. The Morgan fingerprint density at radius 2 is 2.00 bits per heavy atom. The zero-order chi connectivity index (χ0) is 19.2. The van der Waals surface area contributed by atoms with E-state index >= 15 is 0 Å². The average molecular weight is 365 g/mol. The number of carbonyl (C=O) groups excluding carboxylic acids is 1. The monoisotopic (exact) mass is 365 g/mol. The Labute approximate surface area is 159 Å². The van der Waals surface area contributed by atoms with Crippen molar-refractivity contribution in [1.29, 1.82) is 5.26 Å². The summed E-state index contributed by atoms with van der Waals surface area (Å²) in [5, 5.41) is 11.7. The number of nitrogens with one attached hydrogen (secondary N) is 1. The number of anilines is 1. The van der Waals surface area contributed by atoms with E-state index in [-0.39, 0.29) is 11.9 Å². The van der Waals surface area contributed by atoms with Gasteiger partial charge in [-0.3, -0.25) is 9.69 Å². The molecule has 2 aromatic rings. The highest BCUT2D eigenvalue weighted by molar-refractivity contribution is 5.92. The molecule has 6 nitrogen and oxygen atoms in total. The molecule has 0 bridgehead atoms. The van der Waals surface area contributed by atoms with Crippen LogP contribution in [-0.4, -0.2) is 38.1 Å². The van der Waals surface area contributed by atoms with Crippen molar-refractivity contribution < 1.29 is 14.3 Å². The normalized spacial score (nSPS) is 16.6. The van der Waals surface area contributed by atoms with Crippen LogP contribution in [0.2, 0.25) is 0 Å². The van der Waals surface area contributed by atoms with Crippen molar-refractivity contribution in [3.63, 3.8) is 0 Å². The van der Waals surface area contributed by atoms with Gasteiger partial charge in [0.1, 0.15) is 11.5 Å². The number of nitriles is 1. The van der Waals surface area contributed by atoms with Gasteiger partial charge in [0.05, 0.1) is 32.4 Å². The predicted octanol–water partition coefficient (Wildman–Crippen LogP) is 3.35. The highest BCUT2D eigenvalue weighted by atomic mass is 16.5. The number of ether oxygens (including phenoxy) is 2. The number of hydrogen-bond donors (Lipinski definition) is 1. The largest absolute Gasteiger partial charge is 0.497 e. The summed E-state index contributed by atoms with van der Waals surface area (Å²) in [7, 11) is 3.28. The van der Waals surface area contributed by atoms with E-state index in [1.54, 1.807) is 38.5 Å². The molecule has 0 spiro atoms. The minimum atomic E-state index is -0.0703. The molecule has 0 aliphatic carbocycles. The molecule has 1 amide bonds. The standard InChI is InChI=1S/C21H23N3O3/c1-26-17-9-10-18(20(12-17)27-2)19-4-3-11-24(19)14-21(25)23-16-7-5-15(13-22)6-8-16/h5-10,12,19H,3-4,11,14H2,1-2H3,(H,23,25)/t19-/m1/s1. The molecule has 27 heavy (non-hydrogen) atoms. The summed E-state index contributed by atoms with van der Waals surface area (Å²) in [6.07, 6.45) is 2.01. The molecule has 1 aliphatic rings.